The number of hydrogen-bond donors (Lipinski definition) is 0. The fraction of sp³-hybridized carbons (Fsp3) is 0.444. The number of aromatic nitrogens is 2. The zero-order chi connectivity index (χ0) is 17.6. The van der Waals surface area contributed by atoms with Crippen LogP contribution in [0.2, 0.25) is 5.02 Å². The Morgan fingerprint density at radius 2 is 2.08 bits per heavy atom. The van der Waals surface area contributed by atoms with Crippen molar-refractivity contribution in [1.82, 2.24) is 14.5 Å². The number of amides is 1. The molecule has 0 saturated heterocycles. The number of benzene rings is 1. The van der Waals surface area contributed by atoms with Gasteiger partial charge in [0.2, 0.25) is 0 Å². The highest BCUT2D eigenvalue weighted by Crippen LogP contribution is 2.27. The molecule has 2 aromatic rings. The van der Waals surface area contributed by atoms with Crippen LogP contribution in [0, 0.1) is 12.7 Å². The van der Waals surface area contributed by atoms with E-state index in [4.69, 9.17) is 16.6 Å². The molecule has 0 radical (unpaired) electrons. The highest BCUT2D eigenvalue weighted by Gasteiger charge is 2.28. The summed E-state index contributed by atoms with van der Waals surface area (Å²) in [7, 11) is 2.03. The van der Waals surface area contributed by atoms with E-state index in [1.165, 1.54) is 17.8 Å². The molecule has 3 rings (SSSR count). The van der Waals surface area contributed by atoms with Gasteiger partial charge in [-0.3, -0.25) is 4.79 Å². The molecule has 24 heavy (non-hydrogen) atoms. The van der Waals surface area contributed by atoms with E-state index >= 15 is 0 Å². The molecule has 4 nitrogen and oxygen atoms in total. The maximum atomic E-state index is 13.6. The summed E-state index contributed by atoms with van der Waals surface area (Å²) in [5.41, 5.74) is 2.89. The molecule has 2 heterocycles. The molecule has 0 aliphatic carbocycles. The lowest BCUT2D eigenvalue weighted by molar-refractivity contribution is 0.0731. The van der Waals surface area contributed by atoms with Crippen LogP contribution in [0.1, 0.15) is 52.9 Å². The summed E-state index contributed by atoms with van der Waals surface area (Å²) in [6.07, 6.45) is 0.759. The lowest BCUT2D eigenvalue weighted by Crippen LogP contribution is -2.36. The second kappa shape index (κ2) is 6.20. The third-order valence-electron chi connectivity index (χ3n) is 4.57. The van der Waals surface area contributed by atoms with Crippen LogP contribution < -0.4 is 0 Å². The summed E-state index contributed by atoms with van der Waals surface area (Å²) in [6, 6.07) is 2.73. The van der Waals surface area contributed by atoms with E-state index in [0.29, 0.717) is 30.1 Å². The number of hydrogen-bond acceptors (Lipinski definition) is 2. The molecule has 0 N–H and O–H groups in total. The van der Waals surface area contributed by atoms with Gasteiger partial charge in [-0.15, -0.1) is 0 Å². The van der Waals surface area contributed by atoms with Crippen LogP contribution in [-0.2, 0) is 20.0 Å². The Morgan fingerprint density at radius 1 is 1.38 bits per heavy atom. The van der Waals surface area contributed by atoms with Gasteiger partial charge in [-0.2, -0.15) is 0 Å². The van der Waals surface area contributed by atoms with Crippen molar-refractivity contribution in [3.63, 3.8) is 0 Å². The summed E-state index contributed by atoms with van der Waals surface area (Å²) in [5.74, 6) is 0.790. The summed E-state index contributed by atoms with van der Waals surface area (Å²) in [5, 5.41) is 0.151. The van der Waals surface area contributed by atoms with Crippen LogP contribution in [0.4, 0.5) is 4.39 Å². The molecule has 0 atom stereocenters. The minimum absolute atomic E-state index is 0.151. The summed E-state index contributed by atoms with van der Waals surface area (Å²) in [6.45, 7) is 6.91. The van der Waals surface area contributed by atoms with E-state index < -0.39 is 5.82 Å². The van der Waals surface area contributed by atoms with Gasteiger partial charge in [-0.05, 0) is 24.6 Å². The van der Waals surface area contributed by atoms with Crippen molar-refractivity contribution in [1.29, 1.82) is 0 Å². The molecule has 1 amide bonds. The molecule has 6 heteroatoms. The van der Waals surface area contributed by atoms with Gasteiger partial charge in [-0.25, -0.2) is 9.37 Å². The summed E-state index contributed by atoms with van der Waals surface area (Å²) < 4.78 is 15.7. The van der Waals surface area contributed by atoms with Crippen LogP contribution in [0.5, 0.6) is 0 Å². The standard InChI is InChI=1S/C18H21ClFN3O/c1-10(2)17-21-15-9-23(6-5-16(15)22(17)4)18(24)12-7-11(3)14(20)8-13(12)19/h7-8,10H,5-6,9H2,1-4H3. The number of rotatable bonds is 2. The highest BCUT2D eigenvalue weighted by atomic mass is 35.5. The van der Waals surface area contributed by atoms with Crippen molar-refractivity contribution < 1.29 is 9.18 Å². The zero-order valence-corrected chi connectivity index (χ0v) is 15.1. The Balaban J connectivity index is 1.89. The van der Waals surface area contributed by atoms with Gasteiger partial charge in [0.15, 0.2) is 0 Å². The van der Waals surface area contributed by atoms with Crippen molar-refractivity contribution in [2.45, 2.75) is 39.7 Å². The van der Waals surface area contributed by atoms with Gasteiger partial charge in [0.1, 0.15) is 11.6 Å². The lowest BCUT2D eigenvalue weighted by Gasteiger charge is -2.27. The number of carbonyl (C=O) groups excluding carboxylic acids is 1. The smallest absolute Gasteiger partial charge is 0.255 e. The normalized spacial score (nSPS) is 14.2. The topological polar surface area (TPSA) is 38.1 Å². The minimum Gasteiger partial charge on any atom is -0.334 e. The van der Waals surface area contributed by atoms with E-state index in [1.807, 2.05) is 7.05 Å². The van der Waals surface area contributed by atoms with Gasteiger partial charge in [-0.1, -0.05) is 25.4 Å². The second-order valence-corrected chi connectivity index (χ2v) is 7.04. The number of nitrogens with zero attached hydrogens (tertiary/aromatic N) is 3. The molecule has 0 unspecified atom stereocenters. The number of fused-ring (bicyclic) bond motifs is 1. The molecule has 1 aliphatic heterocycles. The molecular weight excluding hydrogens is 329 g/mol. The number of imidazole rings is 1. The van der Waals surface area contributed by atoms with Crippen molar-refractivity contribution >= 4 is 17.5 Å². The first-order chi connectivity index (χ1) is 11.3. The average Bonchev–Trinajstić information content (AvgIpc) is 2.87. The lowest BCUT2D eigenvalue weighted by atomic mass is 10.1. The molecule has 1 aliphatic rings. The molecule has 0 saturated carbocycles. The SMILES string of the molecule is Cc1cc(C(=O)N2CCc3c(nc(C(C)C)n3C)C2)c(Cl)cc1F. The van der Waals surface area contributed by atoms with Gasteiger partial charge >= 0.3 is 0 Å². The first kappa shape index (κ1) is 17.0. The second-order valence-electron chi connectivity index (χ2n) is 6.64. The van der Waals surface area contributed by atoms with Crippen molar-refractivity contribution in [2.75, 3.05) is 6.54 Å². The molecule has 0 fully saturated rings. The van der Waals surface area contributed by atoms with Crippen LogP contribution >= 0.6 is 11.6 Å². The van der Waals surface area contributed by atoms with E-state index in [9.17, 15) is 9.18 Å². The van der Waals surface area contributed by atoms with E-state index in [1.54, 1.807) is 11.8 Å². The molecule has 1 aromatic carbocycles. The average molecular weight is 350 g/mol. The summed E-state index contributed by atoms with van der Waals surface area (Å²) in [4.78, 5) is 19.2. The fourth-order valence-electron chi connectivity index (χ4n) is 3.23. The Labute approximate surface area is 146 Å². The quantitative estimate of drug-likeness (QED) is 0.826. The van der Waals surface area contributed by atoms with Crippen molar-refractivity contribution in [3.8, 4) is 0 Å². The first-order valence-corrected chi connectivity index (χ1v) is 8.46. The third kappa shape index (κ3) is 2.81. The Kier molecular flexibility index (Phi) is 4.38. The van der Waals surface area contributed by atoms with Gasteiger partial charge in [0.25, 0.3) is 5.91 Å². The van der Waals surface area contributed by atoms with Gasteiger partial charge in [0.05, 0.1) is 22.8 Å². The van der Waals surface area contributed by atoms with Crippen molar-refractivity contribution in [2.24, 2.45) is 7.05 Å². The van der Waals surface area contributed by atoms with Crippen LogP contribution in [0.25, 0.3) is 0 Å². The Morgan fingerprint density at radius 3 is 2.75 bits per heavy atom. The highest BCUT2D eigenvalue weighted by molar-refractivity contribution is 6.33. The number of halogens is 2. The van der Waals surface area contributed by atoms with E-state index in [-0.39, 0.29) is 10.9 Å². The third-order valence-corrected chi connectivity index (χ3v) is 4.89. The van der Waals surface area contributed by atoms with Crippen LogP contribution in [0.3, 0.4) is 0 Å². The zero-order valence-electron chi connectivity index (χ0n) is 14.4. The molecule has 0 bridgehead atoms. The van der Waals surface area contributed by atoms with Crippen LogP contribution in [-0.4, -0.2) is 26.9 Å². The van der Waals surface area contributed by atoms with Crippen LogP contribution in [0.15, 0.2) is 12.1 Å². The molecule has 1 aromatic heterocycles. The Hall–Kier alpha value is -1.88. The molecular formula is C18H21ClFN3O. The minimum atomic E-state index is -0.399. The Bertz CT molecular complexity index is 813. The number of carbonyl (C=O) groups is 1. The predicted molar refractivity (Wildman–Crippen MR) is 91.9 cm³/mol. The summed E-state index contributed by atoms with van der Waals surface area (Å²) >= 11 is 6.08. The first-order valence-electron chi connectivity index (χ1n) is 8.08. The van der Waals surface area contributed by atoms with E-state index in [0.717, 1.165) is 17.9 Å². The largest absolute Gasteiger partial charge is 0.334 e. The monoisotopic (exact) mass is 349 g/mol. The maximum absolute atomic E-state index is 13.6. The van der Waals surface area contributed by atoms with Gasteiger partial charge < -0.3 is 9.47 Å². The van der Waals surface area contributed by atoms with Crippen molar-refractivity contribution in [3.05, 3.63) is 51.3 Å². The number of aryl methyl sites for hydroxylation is 1. The molecule has 128 valence electrons. The van der Waals surface area contributed by atoms with E-state index in [2.05, 4.69) is 18.4 Å². The maximum Gasteiger partial charge on any atom is 0.255 e. The fourth-order valence-corrected chi connectivity index (χ4v) is 3.46. The predicted octanol–water partition coefficient (Wildman–Crippen LogP) is 3.84. The molecule has 0 spiro atoms. The van der Waals surface area contributed by atoms with Gasteiger partial charge in [0, 0.05) is 31.6 Å².